The molecule has 0 saturated heterocycles. The lowest BCUT2D eigenvalue weighted by atomic mass is 9.81. The smallest absolute Gasteiger partial charge is 0.227 e. The fourth-order valence-corrected chi connectivity index (χ4v) is 8.23. The van der Waals surface area contributed by atoms with Gasteiger partial charge in [-0.3, -0.25) is 0 Å². The zero-order valence-corrected chi connectivity index (χ0v) is 30.1. The lowest BCUT2D eigenvalue weighted by molar-refractivity contribution is 0.593. The Bertz CT molecular complexity index is 3110. The second-order valence-electron chi connectivity index (χ2n) is 14.6. The van der Waals surface area contributed by atoms with Crippen LogP contribution in [0.15, 0.2) is 167 Å². The summed E-state index contributed by atoms with van der Waals surface area (Å²) < 4.78 is 12.9. The third kappa shape index (κ3) is 4.95. The van der Waals surface area contributed by atoms with Gasteiger partial charge in [0.1, 0.15) is 16.7 Å². The number of nitrogens with zero attached hydrogens (tertiary/aromatic N) is 4. The molecule has 1 aliphatic rings. The number of benzene rings is 7. The van der Waals surface area contributed by atoms with Crippen molar-refractivity contribution in [1.29, 1.82) is 0 Å². The van der Waals surface area contributed by atoms with Crippen molar-refractivity contribution in [2.45, 2.75) is 19.3 Å². The summed E-state index contributed by atoms with van der Waals surface area (Å²) in [5.74, 6) is 2.41. The van der Waals surface area contributed by atoms with Crippen LogP contribution in [-0.4, -0.2) is 19.9 Å². The van der Waals surface area contributed by atoms with Crippen LogP contribution < -0.4 is 0 Å². The third-order valence-electron chi connectivity index (χ3n) is 11.0. The number of rotatable bonds is 5. The Morgan fingerprint density at radius 3 is 1.82 bits per heavy atom. The standard InChI is InChI=1S/C49H32N4O2/c1-49(2)39-28-33(24-25-34(39)36-26-27-40-44(42(36)49)55-48(50-40)32-14-7-4-8-15-32)29-20-22-31(23-21-29)46-51-45(30-12-5-3-6-13-30)52-47(53-46)38-18-11-17-37-35-16-9-10-19-41(35)54-43(37)38/h3-28H,1-2H3. The Hall–Kier alpha value is -7.18. The maximum Gasteiger partial charge on any atom is 0.227 e. The molecular formula is C49H32N4O2. The molecule has 0 N–H and O–H groups in total. The second kappa shape index (κ2) is 11.9. The lowest BCUT2D eigenvalue weighted by Gasteiger charge is -2.22. The number of furan rings is 1. The summed E-state index contributed by atoms with van der Waals surface area (Å²) in [6.45, 7) is 4.56. The topological polar surface area (TPSA) is 77.8 Å². The highest BCUT2D eigenvalue weighted by Gasteiger charge is 2.39. The van der Waals surface area contributed by atoms with Crippen molar-refractivity contribution >= 4 is 33.0 Å². The highest BCUT2D eigenvalue weighted by Crippen LogP contribution is 2.52. The van der Waals surface area contributed by atoms with Crippen LogP contribution in [0.3, 0.4) is 0 Å². The summed E-state index contributed by atoms with van der Waals surface area (Å²) in [4.78, 5) is 19.9. The van der Waals surface area contributed by atoms with Gasteiger partial charge in [-0.15, -0.1) is 0 Å². The van der Waals surface area contributed by atoms with Crippen LogP contribution in [0.5, 0.6) is 0 Å². The summed E-state index contributed by atoms with van der Waals surface area (Å²) in [6, 6.07) is 53.9. The molecule has 0 amide bonds. The summed E-state index contributed by atoms with van der Waals surface area (Å²) in [5, 5.41) is 2.10. The molecule has 10 aromatic rings. The number of para-hydroxylation sites is 2. The summed E-state index contributed by atoms with van der Waals surface area (Å²) in [7, 11) is 0. The molecule has 0 saturated carbocycles. The first-order valence-corrected chi connectivity index (χ1v) is 18.5. The minimum absolute atomic E-state index is 0.286. The van der Waals surface area contributed by atoms with Gasteiger partial charge >= 0.3 is 0 Å². The molecule has 0 bridgehead atoms. The van der Waals surface area contributed by atoms with Gasteiger partial charge in [0.15, 0.2) is 23.1 Å². The van der Waals surface area contributed by atoms with Gasteiger partial charge < -0.3 is 8.83 Å². The monoisotopic (exact) mass is 708 g/mol. The largest absolute Gasteiger partial charge is 0.455 e. The highest BCUT2D eigenvalue weighted by molar-refractivity contribution is 6.09. The van der Waals surface area contributed by atoms with E-state index in [4.69, 9.17) is 28.8 Å². The molecule has 55 heavy (non-hydrogen) atoms. The van der Waals surface area contributed by atoms with Crippen LogP contribution >= 0.6 is 0 Å². The van der Waals surface area contributed by atoms with Crippen LogP contribution in [0.2, 0.25) is 0 Å². The molecule has 260 valence electrons. The average molecular weight is 709 g/mol. The maximum absolute atomic E-state index is 6.51. The quantitative estimate of drug-likeness (QED) is 0.177. The van der Waals surface area contributed by atoms with Gasteiger partial charge in [0.25, 0.3) is 0 Å². The Labute approximate surface area is 316 Å². The van der Waals surface area contributed by atoms with Crippen LogP contribution in [0.4, 0.5) is 0 Å². The summed E-state index contributed by atoms with van der Waals surface area (Å²) >= 11 is 0. The van der Waals surface area contributed by atoms with Gasteiger partial charge in [-0.2, -0.15) is 0 Å². The van der Waals surface area contributed by atoms with Crippen LogP contribution in [0.25, 0.3) is 101 Å². The molecule has 0 radical (unpaired) electrons. The number of aromatic nitrogens is 4. The first-order valence-electron chi connectivity index (χ1n) is 18.5. The van der Waals surface area contributed by atoms with Crippen molar-refractivity contribution in [1.82, 2.24) is 19.9 Å². The van der Waals surface area contributed by atoms with Gasteiger partial charge in [-0.05, 0) is 64.2 Å². The second-order valence-corrected chi connectivity index (χ2v) is 14.6. The molecule has 11 rings (SSSR count). The molecule has 0 spiro atoms. The van der Waals surface area contributed by atoms with Crippen molar-refractivity contribution in [3.63, 3.8) is 0 Å². The van der Waals surface area contributed by atoms with Crippen molar-refractivity contribution in [3.05, 3.63) is 169 Å². The van der Waals surface area contributed by atoms with Gasteiger partial charge in [0, 0.05) is 38.4 Å². The number of hydrogen-bond acceptors (Lipinski definition) is 6. The normalized spacial score (nSPS) is 13.1. The minimum atomic E-state index is -0.286. The molecule has 7 aromatic carbocycles. The average Bonchev–Trinajstić information content (AvgIpc) is 3.91. The third-order valence-corrected chi connectivity index (χ3v) is 11.0. The number of oxazole rings is 1. The Kier molecular flexibility index (Phi) is 6.79. The predicted molar refractivity (Wildman–Crippen MR) is 219 cm³/mol. The van der Waals surface area contributed by atoms with E-state index in [0.29, 0.717) is 23.4 Å². The summed E-state index contributed by atoms with van der Waals surface area (Å²) in [6.07, 6.45) is 0. The molecule has 3 heterocycles. The van der Waals surface area contributed by atoms with E-state index < -0.39 is 0 Å². The van der Waals surface area contributed by atoms with Crippen LogP contribution in [0, 0.1) is 0 Å². The SMILES string of the molecule is CC1(C)c2cc(-c3ccc(-c4nc(-c5ccccc5)nc(-c5cccc6c5oc5ccccc56)n4)cc3)ccc2-c2ccc3nc(-c4ccccc4)oc3c21. The predicted octanol–water partition coefficient (Wildman–Crippen LogP) is 12.6. The molecule has 0 fully saturated rings. The molecule has 6 heteroatoms. The van der Waals surface area contributed by atoms with Crippen LogP contribution in [0.1, 0.15) is 25.0 Å². The van der Waals surface area contributed by atoms with Gasteiger partial charge in [0.2, 0.25) is 5.89 Å². The minimum Gasteiger partial charge on any atom is -0.455 e. The van der Waals surface area contributed by atoms with E-state index in [9.17, 15) is 0 Å². The molecule has 0 aliphatic heterocycles. The van der Waals surface area contributed by atoms with E-state index in [0.717, 1.165) is 66.4 Å². The van der Waals surface area contributed by atoms with E-state index >= 15 is 0 Å². The molecule has 0 atom stereocenters. The first kappa shape index (κ1) is 31.4. The van der Waals surface area contributed by atoms with E-state index in [1.54, 1.807) is 0 Å². The molecule has 6 nitrogen and oxygen atoms in total. The number of hydrogen-bond donors (Lipinski definition) is 0. The molecule has 1 aliphatic carbocycles. The van der Waals surface area contributed by atoms with E-state index in [-0.39, 0.29) is 5.41 Å². The fraction of sp³-hybridized carbons (Fsp3) is 0.0612. The van der Waals surface area contributed by atoms with E-state index in [2.05, 4.69) is 80.6 Å². The number of fused-ring (bicyclic) bond motifs is 8. The first-order chi connectivity index (χ1) is 27.0. The Morgan fingerprint density at radius 2 is 1.04 bits per heavy atom. The Morgan fingerprint density at radius 1 is 0.418 bits per heavy atom. The molecular weight excluding hydrogens is 677 g/mol. The fourth-order valence-electron chi connectivity index (χ4n) is 8.23. The highest BCUT2D eigenvalue weighted by atomic mass is 16.3. The van der Waals surface area contributed by atoms with Gasteiger partial charge in [0.05, 0.1) is 5.56 Å². The van der Waals surface area contributed by atoms with Crippen molar-refractivity contribution < 1.29 is 8.83 Å². The van der Waals surface area contributed by atoms with E-state index in [1.807, 2.05) is 91.0 Å². The maximum atomic E-state index is 6.51. The summed E-state index contributed by atoms with van der Waals surface area (Å²) in [5.41, 5.74) is 13.8. The van der Waals surface area contributed by atoms with Crippen molar-refractivity contribution in [2.24, 2.45) is 0 Å². The molecule has 3 aromatic heterocycles. The van der Waals surface area contributed by atoms with Gasteiger partial charge in [-0.25, -0.2) is 19.9 Å². The van der Waals surface area contributed by atoms with Crippen molar-refractivity contribution in [2.75, 3.05) is 0 Å². The zero-order valence-electron chi connectivity index (χ0n) is 30.1. The Balaban J connectivity index is 0.976. The lowest BCUT2D eigenvalue weighted by Crippen LogP contribution is -2.15. The zero-order chi connectivity index (χ0) is 36.7. The molecule has 0 unspecified atom stereocenters. The van der Waals surface area contributed by atoms with E-state index in [1.165, 1.54) is 22.3 Å². The van der Waals surface area contributed by atoms with Crippen molar-refractivity contribution in [3.8, 4) is 67.9 Å². The van der Waals surface area contributed by atoms with Gasteiger partial charge in [-0.1, -0.05) is 135 Å². The van der Waals surface area contributed by atoms with Crippen LogP contribution in [-0.2, 0) is 5.41 Å².